The second-order valence-corrected chi connectivity index (χ2v) is 6.31. The van der Waals surface area contributed by atoms with Crippen molar-refractivity contribution in [2.75, 3.05) is 32.7 Å². The largest absolute Gasteiger partial charge is 0.340 e. The highest BCUT2D eigenvalue weighted by Crippen LogP contribution is 2.24. The van der Waals surface area contributed by atoms with E-state index >= 15 is 0 Å². The summed E-state index contributed by atoms with van der Waals surface area (Å²) in [5, 5.41) is 0. The summed E-state index contributed by atoms with van der Waals surface area (Å²) in [4.78, 5) is 16.8. The third kappa shape index (κ3) is 7.03. The number of halogens is 2. The van der Waals surface area contributed by atoms with Crippen molar-refractivity contribution in [1.82, 2.24) is 9.80 Å². The highest BCUT2D eigenvalue weighted by Gasteiger charge is 2.27. The van der Waals surface area contributed by atoms with Crippen LogP contribution in [0, 0.1) is 0 Å². The van der Waals surface area contributed by atoms with Crippen molar-refractivity contribution in [2.24, 2.45) is 5.73 Å². The van der Waals surface area contributed by atoms with Crippen LogP contribution < -0.4 is 5.73 Å². The first-order valence-electron chi connectivity index (χ1n) is 8.53. The van der Waals surface area contributed by atoms with Crippen LogP contribution in [0.4, 0.5) is 0 Å². The summed E-state index contributed by atoms with van der Waals surface area (Å²) in [7, 11) is 0. The molecule has 4 nitrogen and oxygen atoms in total. The van der Waals surface area contributed by atoms with Crippen LogP contribution in [0.15, 0.2) is 0 Å². The maximum Gasteiger partial charge on any atom is 0.222 e. The number of unbranched alkanes of at least 4 members (excludes halogenated alkanes) is 3. The van der Waals surface area contributed by atoms with Crippen LogP contribution in [0.25, 0.3) is 0 Å². The number of carbonyl (C=O) groups is 1. The van der Waals surface area contributed by atoms with Crippen LogP contribution in [-0.4, -0.2) is 54.5 Å². The quantitative estimate of drug-likeness (QED) is 0.716. The van der Waals surface area contributed by atoms with Gasteiger partial charge in [-0.2, -0.15) is 0 Å². The molecule has 0 aromatic carbocycles. The van der Waals surface area contributed by atoms with Gasteiger partial charge in [0.1, 0.15) is 0 Å². The third-order valence-electron chi connectivity index (χ3n) is 4.85. The number of nitrogens with zero attached hydrogens (tertiary/aromatic N) is 2. The van der Waals surface area contributed by atoms with Gasteiger partial charge in [-0.15, -0.1) is 24.8 Å². The Morgan fingerprint density at radius 2 is 1.50 bits per heavy atom. The molecule has 1 heterocycles. The molecule has 0 spiro atoms. The first-order valence-corrected chi connectivity index (χ1v) is 8.53. The maximum atomic E-state index is 12.1. The van der Waals surface area contributed by atoms with Crippen LogP contribution in [0.5, 0.6) is 0 Å². The van der Waals surface area contributed by atoms with E-state index in [2.05, 4.69) is 9.80 Å². The Balaban J connectivity index is 0.00000220. The van der Waals surface area contributed by atoms with Crippen LogP contribution >= 0.6 is 24.8 Å². The average molecular weight is 354 g/mol. The summed E-state index contributed by atoms with van der Waals surface area (Å²) in [5.41, 5.74) is 5.47. The van der Waals surface area contributed by atoms with Gasteiger partial charge < -0.3 is 10.6 Å². The molecule has 2 N–H and O–H groups in total. The molecule has 0 aromatic rings. The number of carbonyl (C=O) groups excluding carboxylic acids is 1. The van der Waals surface area contributed by atoms with Gasteiger partial charge in [0.25, 0.3) is 0 Å². The Kier molecular flexibility index (Phi) is 12.4. The van der Waals surface area contributed by atoms with Crippen molar-refractivity contribution >= 4 is 30.7 Å². The van der Waals surface area contributed by atoms with Crippen molar-refractivity contribution in [3.8, 4) is 0 Å². The molecular weight excluding hydrogens is 321 g/mol. The normalized spacial score (nSPS) is 19.6. The van der Waals surface area contributed by atoms with Crippen LogP contribution in [-0.2, 0) is 4.79 Å². The fourth-order valence-electron chi connectivity index (χ4n) is 3.54. The van der Waals surface area contributed by atoms with Crippen molar-refractivity contribution < 1.29 is 4.79 Å². The molecule has 0 atom stereocenters. The zero-order valence-corrected chi connectivity index (χ0v) is 15.3. The Morgan fingerprint density at radius 1 is 0.909 bits per heavy atom. The molecule has 0 aromatic heterocycles. The smallest absolute Gasteiger partial charge is 0.222 e. The summed E-state index contributed by atoms with van der Waals surface area (Å²) >= 11 is 0. The SMILES string of the molecule is Cl.Cl.NCCCCCCC(=O)N1CCN(C2CCCC2)CC1. The summed E-state index contributed by atoms with van der Waals surface area (Å²) in [6.07, 6.45) is 10.7. The lowest BCUT2D eigenvalue weighted by atomic mass is 10.1. The fourth-order valence-corrected chi connectivity index (χ4v) is 3.54. The number of amides is 1. The maximum absolute atomic E-state index is 12.1. The highest BCUT2D eigenvalue weighted by molar-refractivity contribution is 5.85. The van der Waals surface area contributed by atoms with E-state index in [9.17, 15) is 4.79 Å². The number of rotatable bonds is 7. The van der Waals surface area contributed by atoms with E-state index in [1.807, 2.05) is 0 Å². The van der Waals surface area contributed by atoms with Crippen LogP contribution in [0.3, 0.4) is 0 Å². The highest BCUT2D eigenvalue weighted by atomic mass is 35.5. The monoisotopic (exact) mass is 353 g/mol. The number of hydrogen-bond donors (Lipinski definition) is 1. The van der Waals surface area contributed by atoms with E-state index < -0.39 is 0 Å². The zero-order chi connectivity index (χ0) is 14.2. The molecule has 2 aliphatic rings. The number of hydrogen-bond acceptors (Lipinski definition) is 3. The topological polar surface area (TPSA) is 49.6 Å². The molecule has 22 heavy (non-hydrogen) atoms. The molecule has 1 aliphatic heterocycles. The molecular formula is C16H33Cl2N3O. The molecule has 6 heteroatoms. The Hall–Kier alpha value is -0.0300. The first kappa shape index (κ1) is 22.0. The summed E-state index contributed by atoms with van der Waals surface area (Å²) < 4.78 is 0. The van der Waals surface area contributed by atoms with Gasteiger partial charge in [0.15, 0.2) is 0 Å². The Morgan fingerprint density at radius 3 is 2.09 bits per heavy atom. The lowest BCUT2D eigenvalue weighted by Gasteiger charge is -2.38. The first-order chi connectivity index (χ1) is 9.81. The number of nitrogens with two attached hydrogens (primary N) is 1. The Labute approximate surface area is 148 Å². The van der Waals surface area contributed by atoms with E-state index in [4.69, 9.17) is 5.73 Å². The second-order valence-electron chi connectivity index (χ2n) is 6.31. The Bertz CT molecular complexity index is 291. The molecule has 0 unspecified atom stereocenters. The molecule has 2 fully saturated rings. The lowest BCUT2D eigenvalue weighted by Crippen LogP contribution is -2.51. The number of piperazine rings is 1. The minimum Gasteiger partial charge on any atom is -0.340 e. The van der Waals surface area contributed by atoms with Gasteiger partial charge in [-0.25, -0.2) is 0 Å². The molecule has 0 bridgehead atoms. The molecule has 1 saturated carbocycles. The van der Waals surface area contributed by atoms with Gasteiger partial charge >= 0.3 is 0 Å². The van der Waals surface area contributed by atoms with Gasteiger partial charge in [-0.05, 0) is 32.2 Å². The van der Waals surface area contributed by atoms with Crippen molar-refractivity contribution in [3.05, 3.63) is 0 Å². The second kappa shape index (κ2) is 12.4. The minimum atomic E-state index is 0. The average Bonchev–Trinajstić information content (AvgIpc) is 3.01. The van der Waals surface area contributed by atoms with Gasteiger partial charge in [0.2, 0.25) is 5.91 Å². The van der Waals surface area contributed by atoms with Gasteiger partial charge in [0.05, 0.1) is 0 Å². The van der Waals surface area contributed by atoms with Crippen LogP contribution in [0.1, 0.15) is 57.8 Å². The van der Waals surface area contributed by atoms with Gasteiger partial charge in [-0.1, -0.05) is 25.7 Å². The summed E-state index contributed by atoms with van der Waals surface area (Å²) in [5.74, 6) is 0.365. The third-order valence-corrected chi connectivity index (χ3v) is 4.85. The molecule has 1 amide bonds. The minimum absolute atomic E-state index is 0. The van der Waals surface area contributed by atoms with Crippen molar-refractivity contribution in [2.45, 2.75) is 63.8 Å². The molecule has 0 radical (unpaired) electrons. The van der Waals surface area contributed by atoms with E-state index in [1.165, 1.54) is 32.1 Å². The summed E-state index contributed by atoms with van der Waals surface area (Å²) in [6.45, 7) is 4.83. The van der Waals surface area contributed by atoms with Crippen molar-refractivity contribution in [1.29, 1.82) is 0 Å². The molecule has 1 saturated heterocycles. The predicted molar refractivity (Wildman–Crippen MR) is 97.0 cm³/mol. The predicted octanol–water partition coefficient (Wildman–Crippen LogP) is 2.83. The van der Waals surface area contributed by atoms with E-state index in [1.54, 1.807) is 0 Å². The van der Waals surface area contributed by atoms with Gasteiger partial charge in [0, 0.05) is 38.6 Å². The molecule has 2 rings (SSSR count). The van der Waals surface area contributed by atoms with E-state index in [0.717, 1.165) is 64.4 Å². The van der Waals surface area contributed by atoms with Crippen LogP contribution in [0.2, 0.25) is 0 Å². The lowest BCUT2D eigenvalue weighted by molar-refractivity contribution is -0.133. The van der Waals surface area contributed by atoms with Gasteiger partial charge in [-0.3, -0.25) is 9.69 Å². The fraction of sp³-hybridized carbons (Fsp3) is 0.938. The summed E-state index contributed by atoms with van der Waals surface area (Å²) in [6, 6.07) is 0.809. The zero-order valence-electron chi connectivity index (χ0n) is 13.7. The standard InChI is InChI=1S/C16H31N3O.2ClH/c17-10-6-2-1-3-9-16(20)19-13-11-18(12-14-19)15-7-4-5-8-15;;/h15H,1-14,17H2;2*1H. The molecule has 132 valence electrons. The van der Waals surface area contributed by atoms with E-state index in [-0.39, 0.29) is 24.8 Å². The molecule has 1 aliphatic carbocycles. The van der Waals surface area contributed by atoms with E-state index in [0.29, 0.717) is 5.91 Å². The van der Waals surface area contributed by atoms with Crippen molar-refractivity contribution in [3.63, 3.8) is 0 Å².